The molecule has 208 valence electrons. The SMILES string of the molecule is CO[C@H]1C[C@@H](O[C@H]2CC[C@@]3(C)[C@H](CC[C@@H]4[C@@H]3CC[C@]3(C)[C@@H](C5=CC(=O)OC5)CC[C@]43O)C2)O[C@@H](C)[C@@H]1O. The summed E-state index contributed by atoms with van der Waals surface area (Å²) in [5.41, 5.74) is 0.461. The molecule has 37 heavy (non-hydrogen) atoms. The third-order valence-corrected chi connectivity index (χ3v) is 12.2. The van der Waals surface area contributed by atoms with Crippen LogP contribution in [0.15, 0.2) is 11.6 Å². The molecule has 0 aromatic rings. The van der Waals surface area contributed by atoms with Gasteiger partial charge in [0.05, 0.1) is 23.9 Å². The molecule has 0 spiro atoms. The molecule has 4 aliphatic carbocycles. The molecule has 2 N–H and O–H groups in total. The number of fused-ring (bicyclic) bond motifs is 5. The van der Waals surface area contributed by atoms with Gasteiger partial charge in [-0.2, -0.15) is 0 Å². The summed E-state index contributed by atoms with van der Waals surface area (Å²) in [4.78, 5) is 11.8. The topological polar surface area (TPSA) is 94.5 Å². The Hall–Kier alpha value is -0.990. The van der Waals surface area contributed by atoms with Gasteiger partial charge >= 0.3 is 5.97 Å². The van der Waals surface area contributed by atoms with E-state index in [1.54, 1.807) is 13.2 Å². The lowest BCUT2D eigenvalue weighted by atomic mass is 9.43. The summed E-state index contributed by atoms with van der Waals surface area (Å²) in [6.07, 6.45) is 10.2. The summed E-state index contributed by atoms with van der Waals surface area (Å²) < 4.78 is 23.2. The number of hydrogen-bond donors (Lipinski definition) is 2. The molecular formula is C30H46O7. The largest absolute Gasteiger partial charge is 0.458 e. The maximum absolute atomic E-state index is 12.4. The first kappa shape index (κ1) is 26.2. The number of methoxy groups -OCH3 is 1. The minimum absolute atomic E-state index is 0.166. The van der Waals surface area contributed by atoms with Gasteiger partial charge in [0.2, 0.25) is 0 Å². The Bertz CT molecular complexity index is 935. The Kier molecular flexibility index (Phi) is 6.59. The molecule has 2 aliphatic heterocycles. The minimum atomic E-state index is -0.670. The van der Waals surface area contributed by atoms with Crippen molar-refractivity contribution in [3.8, 4) is 0 Å². The second-order valence-electron chi connectivity index (χ2n) is 13.6. The van der Waals surface area contributed by atoms with Crippen LogP contribution < -0.4 is 0 Å². The summed E-state index contributed by atoms with van der Waals surface area (Å²) in [7, 11) is 1.64. The second kappa shape index (κ2) is 9.29. The van der Waals surface area contributed by atoms with Crippen LogP contribution in [0.2, 0.25) is 0 Å². The van der Waals surface area contributed by atoms with Gasteiger partial charge in [-0.1, -0.05) is 13.8 Å². The number of aliphatic hydroxyl groups is 2. The summed E-state index contributed by atoms with van der Waals surface area (Å²) in [5.74, 6) is 1.45. The van der Waals surface area contributed by atoms with E-state index >= 15 is 0 Å². The zero-order chi connectivity index (χ0) is 26.2. The van der Waals surface area contributed by atoms with Crippen LogP contribution in [0.3, 0.4) is 0 Å². The highest BCUT2D eigenvalue weighted by Crippen LogP contribution is 2.70. The number of carbonyl (C=O) groups excluding carboxylic acids is 1. The molecule has 0 aromatic heterocycles. The molecule has 12 atom stereocenters. The van der Waals surface area contributed by atoms with E-state index in [0.717, 1.165) is 63.4 Å². The van der Waals surface area contributed by atoms with Gasteiger partial charge in [-0.3, -0.25) is 0 Å². The van der Waals surface area contributed by atoms with E-state index in [0.29, 0.717) is 30.8 Å². The molecular weight excluding hydrogens is 472 g/mol. The van der Waals surface area contributed by atoms with Gasteiger partial charge < -0.3 is 29.2 Å². The fraction of sp³-hybridized carbons (Fsp3) is 0.900. The molecule has 0 aromatic carbocycles. The molecule has 0 bridgehead atoms. The molecule has 6 aliphatic rings. The van der Waals surface area contributed by atoms with E-state index in [-0.39, 0.29) is 47.3 Å². The number of esters is 1. The highest BCUT2D eigenvalue weighted by molar-refractivity contribution is 5.85. The summed E-state index contributed by atoms with van der Waals surface area (Å²) in [6, 6.07) is 0. The van der Waals surface area contributed by atoms with E-state index in [2.05, 4.69) is 13.8 Å². The second-order valence-corrected chi connectivity index (χ2v) is 13.6. The molecule has 0 radical (unpaired) electrons. The lowest BCUT2D eigenvalue weighted by molar-refractivity contribution is -0.273. The predicted molar refractivity (Wildman–Crippen MR) is 136 cm³/mol. The third kappa shape index (κ3) is 3.97. The highest BCUT2D eigenvalue weighted by Gasteiger charge is 2.67. The fourth-order valence-electron chi connectivity index (χ4n) is 10.0. The molecule has 1 saturated heterocycles. The van der Waals surface area contributed by atoms with Gasteiger partial charge in [-0.05, 0) is 99.4 Å². The van der Waals surface area contributed by atoms with E-state index in [9.17, 15) is 15.0 Å². The van der Waals surface area contributed by atoms with Crippen molar-refractivity contribution in [1.82, 2.24) is 0 Å². The van der Waals surface area contributed by atoms with Gasteiger partial charge in [0, 0.05) is 25.0 Å². The molecule has 0 unspecified atom stereocenters. The van der Waals surface area contributed by atoms with E-state index < -0.39 is 11.7 Å². The van der Waals surface area contributed by atoms with Crippen LogP contribution >= 0.6 is 0 Å². The Morgan fingerprint density at radius 2 is 1.84 bits per heavy atom. The van der Waals surface area contributed by atoms with Crippen molar-refractivity contribution < 1.29 is 34.0 Å². The number of hydrogen-bond acceptors (Lipinski definition) is 7. The minimum Gasteiger partial charge on any atom is -0.458 e. The van der Waals surface area contributed by atoms with Crippen molar-refractivity contribution in [2.24, 2.45) is 34.5 Å². The average Bonchev–Trinajstić information content (AvgIpc) is 3.41. The Morgan fingerprint density at radius 3 is 2.57 bits per heavy atom. The molecule has 4 saturated carbocycles. The van der Waals surface area contributed by atoms with E-state index in [1.807, 2.05) is 6.92 Å². The van der Waals surface area contributed by atoms with Gasteiger partial charge in [0.1, 0.15) is 12.7 Å². The van der Waals surface area contributed by atoms with Crippen molar-refractivity contribution in [2.75, 3.05) is 13.7 Å². The predicted octanol–water partition coefficient (Wildman–Crippen LogP) is 4.14. The Labute approximate surface area is 221 Å². The summed E-state index contributed by atoms with van der Waals surface area (Å²) in [5, 5.41) is 22.7. The zero-order valence-corrected chi connectivity index (χ0v) is 23.0. The van der Waals surface area contributed by atoms with Crippen molar-refractivity contribution in [3.05, 3.63) is 11.6 Å². The Balaban J connectivity index is 1.15. The van der Waals surface area contributed by atoms with Crippen molar-refractivity contribution in [1.29, 1.82) is 0 Å². The van der Waals surface area contributed by atoms with E-state index in [1.165, 1.54) is 0 Å². The first-order valence-corrected chi connectivity index (χ1v) is 14.7. The van der Waals surface area contributed by atoms with Crippen LogP contribution in [0.1, 0.15) is 85.0 Å². The molecule has 2 heterocycles. The van der Waals surface area contributed by atoms with Crippen LogP contribution in [0, 0.1) is 34.5 Å². The van der Waals surface area contributed by atoms with Crippen molar-refractivity contribution in [3.63, 3.8) is 0 Å². The molecule has 0 amide bonds. The van der Waals surface area contributed by atoms with Gasteiger partial charge in [0.15, 0.2) is 6.29 Å². The summed E-state index contributed by atoms with van der Waals surface area (Å²) in [6.45, 7) is 7.07. The van der Waals surface area contributed by atoms with Crippen molar-refractivity contribution >= 4 is 5.97 Å². The lowest BCUT2D eigenvalue weighted by Crippen LogP contribution is -2.62. The normalized spacial score (nSPS) is 53.6. The Morgan fingerprint density at radius 1 is 1.03 bits per heavy atom. The highest BCUT2D eigenvalue weighted by atomic mass is 16.7. The van der Waals surface area contributed by atoms with Crippen LogP contribution in [-0.4, -0.2) is 66.2 Å². The number of aliphatic hydroxyl groups excluding tert-OH is 1. The van der Waals surface area contributed by atoms with Crippen LogP contribution in [0.4, 0.5) is 0 Å². The van der Waals surface area contributed by atoms with Crippen molar-refractivity contribution in [2.45, 2.75) is 121 Å². The lowest BCUT2D eigenvalue weighted by Gasteiger charge is -2.64. The van der Waals surface area contributed by atoms with E-state index in [4.69, 9.17) is 18.9 Å². The smallest absolute Gasteiger partial charge is 0.331 e. The monoisotopic (exact) mass is 518 g/mol. The number of ether oxygens (including phenoxy) is 4. The maximum atomic E-state index is 12.4. The maximum Gasteiger partial charge on any atom is 0.331 e. The van der Waals surface area contributed by atoms with Crippen LogP contribution in [0.5, 0.6) is 0 Å². The molecule has 6 rings (SSSR count). The molecule has 7 heteroatoms. The molecule has 7 nitrogen and oxygen atoms in total. The van der Waals surface area contributed by atoms with Crippen LogP contribution in [0.25, 0.3) is 0 Å². The zero-order valence-electron chi connectivity index (χ0n) is 23.0. The average molecular weight is 519 g/mol. The summed E-state index contributed by atoms with van der Waals surface area (Å²) >= 11 is 0. The van der Waals surface area contributed by atoms with Gasteiger partial charge in [-0.15, -0.1) is 0 Å². The molecule has 5 fully saturated rings. The number of carbonyl (C=O) groups is 1. The number of cyclic esters (lactones) is 1. The number of rotatable bonds is 4. The van der Waals surface area contributed by atoms with Crippen LogP contribution in [-0.2, 0) is 23.7 Å². The van der Waals surface area contributed by atoms with Gasteiger partial charge in [0.25, 0.3) is 0 Å². The first-order valence-electron chi connectivity index (χ1n) is 14.7. The first-order chi connectivity index (χ1) is 17.6. The quantitative estimate of drug-likeness (QED) is 0.427. The third-order valence-electron chi connectivity index (χ3n) is 12.2. The standard InChI is InChI=1S/C30H46O7/c1-17-27(32)24(34-4)15-26(36-17)37-20-7-10-28(2)19(14-20)5-6-23-22(28)8-11-29(3)21(9-12-30(23,29)33)18-13-25(31)35-16-18/h13,17,19-24,26-27,32-33H,5-12,14-16H2,1-4H3/t17-,19+,20-,21+,22-,23+,24-,26+,27-,28-,29+,30-/m0/s1. The fourth-order valence-corrected chi connectivity index (χ4v) is 10.0. The van der Waals surface area contributed by atoms with Gasteiger partial charge in [-0.25, -0.2) is 4.79 Å².